The first-order chi connectivity index (χ1) is 4.91. The van der Waals surface area contributed by atoms with E-state index in [4.69, 9.17) is 33.2 Å². The molecule has 0 heterocycles. The minimum absolute atomic E-state index is 1.36. The van der Waals surface area contributed by atoms with E-state index in [0.29, 0.717) is 0 Å². The van der Waals surface area contributed by atoms with Crippen LogP contribution >= 0.6 is 33.2 Å². The molecule has 0 aliphatic heterocycles. The third-order valence-corrected chi connectivity index (χ3v) is 0.957. The molecule has 0 amide bonds. The Balaban J connectivity index is 0. The van der Waals surface area contributed by atoms with Gasteiger partial charge >= 0.3 is 6.00 Å². The maximum absolute atomic E-state index is 5.20. The first-order valence-corrected chi connectivity index (χ1v) is 9.52. The van der Waals surface area contributed by atoms with Crippen LogP contribution in [0.25, 0.3) is 0 Å². The van der Waals surface area contributed by atoms with Gasteiger partial charge in [-0.3, -0.25) is 0 Å². The van der Waals surface area contributed by atoms with Gasteiger partial charge in [-0.25, -0.2) is 0 Å². The average molecular weight is 236 g/mol. The Hall–Kier alpha value is 1.09. The van der Waals surface area contributed by atoms with E-state index in [9.17, 15) is 0 Å². The summed E-state index contributed by atoms with van der Waals surface area (Å²) in [7, 11) is 0. The Morgan fingerprint density at radius 3 is 1.18 bits per heavy atom. The van der Waals surface area contributed by atoms with Crippen molar-refractivity contribution < 1.29 is 0 Å². The zero-order valence-corrected chi connectivity index (χ0v) is 10.7. The molecule has 0 saturated heterocycles. The zero-order chi connectivity index (χ0) is 9.33. The van der Waals surface area contributed by atoms with Gasteiger partial charge in [0.25, 0.3) is 0 Å². The minimum atomic E-state index is -2.19. The van der Waals surface area contributed by atoms with E-state index in [-0.39, 0.29) is 0 Å². The molecule has 0 aromatic rings. The van der Waals surface area contributed by atoms with E-state index in [1.165, 1.54) is 25.7 Å². The number of hydrogen-bond donors (Lipinski definition) is 0. The van der Waals surface area contributed by atoms with Crippen LogP contribution < -0.4 is 0 Å². The molecule has 0 atom stereocenters. The number of hydrogen-bond acceptors (Lipinski definition) is 0. The van der Waals surface area contributed by atoms with E-state index in [1.807, 2.05) is 0 Å². The Labute approximate surface area is 85.3 Å². The van der Waals surface area contributed by atoms with Gasteiger partial charge in [0.1, 0.15) is 0 Å². The molecule has 0 N–H and O–H groups in total. The van der Waals surface area contributed by atoms with Crippen LogP contribution in [0.4, 0.5) is 0 Å². The van der Waals surface area contributed by atoms with Gasteiger partial charge in [0.2, 0.25) is 0 Å². The normalized spacial score (nSPS) is 10.4. The Kier molecular flexibility index (Phi) is 12.2. The highest BCUT2D eigenvalue weighted by molar-refractivity contribution is 7.64. The van der Waals surface area contributed by atoms with Gasteiger partial charge in [-0.05, 0) is 6.55 Å². The summed E-state index contributed by atoms with van der Waals surface area (Å²) >= 11 is 15.6. The lowest BCUT2D eigenvalue weighted by atomic mass is 10.2. The molecule has 0 aromatic heterocycles. The lowest BCUT2D eigenvalue weighted by molar-refractivity contribution is 0.702. The van der Waals surface area contributed by atoms with Crippen LogP contribution in [-0.4, -0.2) is 6.00 Å². The summed E-state index contributed by atoms with van der Waals surface area (Å²) in [6.07, 6.45) is 5.54. The predicted octanol–water partition coefficient (Wildman–Crippen LogP) is 4.86. The predicted molar refractivity (Wildman–Crippen MR) is 59.0 cm³/mol. The molecular formula is C7H17Cl3Si. The van der Waals surface area contributed by atoms with Gasteiger partial charge < -0.3 is 0 Å². The second-order valence-corrected chi connectivity index (χ2v) is 12.6. The van der Waals surface area contributed by atoms with Gasteiger partial charge in [0.05, 0.1) is 0 Å². The van der Waals surface area contributed by atoms with Crippen molar-refractivity contribution in [3.63, 3.8) is 0 Å². The number of rotatable bonds is 3. The number of halogens is 3. The quantitative estimate of drug-likeness (QED) is 0.372. The van der Waals surface area contributed by atoms with Crippen molar-refractivity contribution in [2.75, 3.05) is 0 Å². The monoisotopic (exact) mass is 234 g/mol. The van der Waals surface area contributed by atoms with Crippen molar-refractivity contribution in [1.29, 1.82) is 0 Å². The summed E-state index contributed by atoms with van der Waals surface area (Å²) in [6, 6.07) is -2.19. The fraction of sp³-hybridized carbons (Fsp3) is 1.00. The molecule has 0 saturated carbocycles. The molecular weight excluding hydrogens is 219 g/mol. The molecule has 0 unspecified atom stereocenters. The topological polar surface area (TPSA) is 0 Å². The molecule has 0 aromatic carbocycles. The van der Waals surface area contributed by atoms with Gasteiger partial charge in [-0.15, -0.1) is 33.2 Å². The van der Waals surface area contributed by atoms with Crippen molar-refractivity contribution in [2.24, 2.45) is 0 Å². The average Bonchev–Trinajstić information content (AvgIpc) is 1.79. The number of unbranched alkanes of at least 4 members (excludes halogenated alkanes) is 3. The smallest absolute Gasteiger partial charge is 0.126 e. The van der Waals surface area contributed by atoms with Gasteiger partial charge in [0, 0.05) is 0 Å². The van der Waals surface area contributed by atoms with Crippen molar-refractivity contribution in [3.8, 4) is 0 Å². The molecule has 11 heavy (non-hydrogen) atoms. The SMILES string of the molecule is CCCCCC.C[Si](Cl)(Cl)Cl. The second-order valence-electron chi connectivity index (χ2n) is 2.49. The Morgan fingerprint density at radius 1 is 0.909 bits per heavy atom. The van der Waals surface area contributed by atoms with E-state index in [1.54, 1.807) is 6.55 Å². The van der Waals surface area contributed by atoms with Crippen molar-refractivity contribution in [3.05, 3.63) is 0 Å². The van der Waals surface area contributed by atoms with Crippen LogP contribution in [0, 0.1) is 0 Å². The molecule has 0 nitrogen and oxygen atoms in total. The van der Waals surface area contributed by atoms with Crippen molar-refractivity contribution in [2.45, 2.75) is 46.1 Å². The van der Waals surface area contributed by atoms with Crippen LogP contribution in [0.2, 0.25) is 6.55 Å². The third kappa shape index (κ3) is 54.8. The Bertz CT molecular complexity index is 60.6. The molecule has 0 aliphatic carbocycles. The minimum Gasteiger partial charge on any atom is -0.126 e. The highest BCUT2D eigenvalue weighted by atomic mass is 35.8. The fourth-order valence-corrected chi connectivity index (χ4v) is 0.500. The van der Waals surface area contributed by atoms with Crippen LogP contribution in [0.15, 0.2) is 0 Å². The summed E-state index contributed by atoms with van der Waals surface area (Å²) in [5, 5.41) is 0. The molecule has 0 radical (unpaired) electrons. The summed E-state index contributed by atoms with van der Waals surface area (Å²) in [6.45, 7) is 6.09. The summed E-state index contributed by atoms with van der Waals surface area (Å²) in [5.41, 5.74) is 0. The van der Waals surface area contributed by atoms with Crippen LogP contribution in [0.5, 0.6) is 0 Å². The van der Waals surface area contributed by atoms with Crippen LogP contribution in [-0.2, 0) is 0 Å². The standard InChI is InChI=1S/C6H14.CH3Cl3Si/c1-3-5-6-4-2;1-5(2,3)4/h3-6H2,1-2H3;1H3. The highest BCUT2D eigenvalue weighted by Gasteiger charge is 2.13. The second kappa shape index (κ2) is 9.18. The summed E-state index contributed by atoms with van der Waals surface area (Å²) < 4.78 is 0. The highest BCUT2D eigenvalue weighted by Crippen LogP contribution is 2.17. The maximum Gasteiger partial charge on any atom is 0.338 e. The largest absolute Gasteiger partial charge is 0.338 e. The zero-order valence-electron chi connectivity index (χ0n) is 7.46. The molecule has 0 aliphatic rings. The van der Waals surface area contributed by atoms with Gasteiger partial charge in [-0.1, -0.05) is 39.5 Å². The molecule has 0 rings (SSSR count). The molecule has 4 heteroatoms. The molecule has 0 spiro atoms. The van der Waals surface area contributed by atoms with E-state index in [2.05, 4.69) is 13.8 Å². The molecule has 0 fully saturated rings. The summed E-state index contributed by atoms with van der Waals surface area (Å²) in [5.74, 6) is 0. The molecule has 0 bridgehead atoms. The lowest BCUT2D eigenvalue weighted by Crippen LogP contribution is -1.97. The van der Waals surface area contributed by atoms with Crippen molar-refractivity contribution in [1.82, 2.24) is 0 Å². The van der Waals surface area contributed by atoms with E-state index >= 15 is 0 Å². The maximum atomic E-state index is 5.20. The van der Waals surface area contributed by atoms with Crippen LogP contribution in [0.3, 0.4) is 0 Å². The van der Waals surface area contributed by atoms with Crippen molar-refractivity contribution >= 4 is 39.2 Å². The first-order valence-electron chi connectivity index (χ1n) is 3.98. The Morgan fingerprint density at radius 2 is 1.09 bits per heavy atom. The summed E-state index contributed by atoms with van der Waals surface area (Å²) in [4.78, 5) is 0. The van der Waals surface area contributed by atoms with Gasteiger partial charge in [-0.2, -0.15) is 0 Å². The fourth-order valence-electron chi connectivity index (χ4n) is 0.500. The van der Waals surface area contributed by atoms with Crippen LogP contribution in [0.1, 0.15) is 39.5 Å². The molecule has 70 valence electrons. The third-order valence-electron chi connectivity index (χ3n) is 0.957. The first kappa shape index (κ1) is 14.6. The lowest BCUT2D eigenvalue weighted by Gasteiger charge is -1.89. The van der Waals surface area contributed by atoms with E-state index < -0.39 is 6.00 Å². The van der Waals surface area contributed by atoms with Gasteiger partial charge in [0.15, 0.2) is 0 Å². The van der Waals surface area contributed by atoms with E-state index in [0.717, 1.165) is 0 Å².